The van der Waals surface area contributed by atoms with Crippen molar-refractivity contribution < 1.29 is 9.53 Å². The topological polar surface area (TPSA) is 79.7 Å². The number of aromatic amines is 1. The van der Waals surface area contributed by atoms with Crippen LogP contribution in [-0.2, 0) is 17.7 Å². The zero-order valence-corrected chi connectivity index (χ0v) is 18.3. The first kappa shape index (κ1) is 21.1. The third-order valence-corrected chi connectivity index (χ3v) is 5.74. The minimum atomic E-state index is -0.470. The SMILES string of the molecule is CCOC(=O)c1c(C)[nH]n2c(=O)cc(CN3CC=C(c4ccc(CC)cc4)CC3)nc12. The van der Waals surface area contributed by atoms with Crippen molar-refractivity contribution in [2.45, 2.75) is 40.2 Å². The van der Waals surface area contributed by atoms with Crippen LogP contribution in [0.1, 0.15) is 53.1 Å². The summed E-state index contributed by atoms with van der Waals surface area (Å²) in [5.74, 6) is -0.470. The summed E-state index contributed by atoms with van der Waals surface area (Å²) >= 11 is 0. The van der Waals surface area contributed by atoms with E-state index in [1.807, 2.05) is 0 Å². The maximum absolute atomic E-state index is 12.6. The fraction of sp³-hybridized carbons (Fsp3) is 0.375. The molecule has 0 radical (unpaired) electrons. The molecule has 4 rings (SSSR count). The van der Waals surface area contributed by atoms with Crippen molar-refractivity contribution in [3.05, 3.63) is 74.8 Å². The molecule has 1 aliphatic rings. The van der Waals surface area contributed by atoms with E-state index < -0.39 is 5.97 Å². The predicted octanol–water partition coefficient (Wildman–Crippen LogP) is 3.36. The second-order valence-corrected chi connectivity index (χ2v) is 7.84. The van der Waals surface area contributed by atoms with Gasteiger partial charge in [0.15, 0.2) is 5.65 Å². The molecule has 0 saturated carbocycles. The Kier molecular flexibility index (Phi) is 6.04. The van der Waals surface area contributed by atoms with Gasteiger partial charge in [-0.1, -0.05) is 37.3 Å². The number of fused-ring (bicyclic) bond motifs is 1. The molecule has 1 aliphatic heterocycles. The monoisotopic (exact) mass is 420 g/mol. The van der Waals surface area contributed by atoms with Gasteiger partial charge in [0.05, 0.1) is 12.3 Å². The van der Waals surface area contributed by atoms with Crippen molar-refractivity contribution >= 4 is 17.2 Å². The second kappa shape index (κ2) is 8.89. The third kappa shape index (κ3) is 4.32. The van der Waals surface area contributed by atoms with Gasteiger partial charge in [-0.05, 0) is 43.4 Å². The van der Waals surface area contributed by atoms with E-state index in [2.05, 4.69) is 52.2 Å². The lowest BCUT2D eigenvalue weighted by Crippen LogP contribution is -2.29. The van der Waals surface area contributed by atoms with Crippen LogP contribution in [0, 0.1) is 6.92 Å². The molecule has 7 nitrogen and oxygen atoms in total. The maximum Gasteiger partial charge on any atom is 0.343 e. The van der Waals surface area contributed by atoms with Gasteiger partial charge in [0.2, 0.25) is 0 Å². The molecule has 3 aromatic rings. The van der Waals surface area contributed by atoms with Crippen molar-refractivity contribution in [1.82, 2.24) is 19.5 Å². The fourth-order valence-electron chi connectivity index (χ4n) is 4.03. The van der Waals surface area contributed by atoms with Gasteiger partial charge in [-0.25, -0.2) is 14.3 Å². The highest BCUT2D eigenvalue weighted by atomic mass is 16.5. The van der Waals surface area contributed by atoms with Gasteiger partial charge < -0.3 is 4.74 Å². The Hall–Kier alpha value is -3.19. The average molecular weight is 421 g/mol. The Balaban J connectivity index is 1.54. The Morgan fingerprint density at radius 1 is 1.23 bits per heavy atom. The number of ether oxygens (including phenoxy) is 1. The number of hydrogen-bond donors (Lipinski definition) is 1. The maximum atomic E-state index is 12.6. The van der Waals surface area contributed by atoms with Crippen LogP contribution in [0.2, 0.25) is 0 Å². The van der Waals surface area contributed by atoms with Crippen LogP contribution in [0.5, 0.6) is 0 Å². The zero-order valence-electron chi connectivity index (χ0n) is 18.3. The summed E-state index contributed by atoms with van der Waals surface area (Å²) in [6.07, 6.45) is 4.24. The fourth-order valence-corrected chi connectivity index (χ4v) is 4.03. The van der Waals surface area contributed by atoms with E-state index in [1.54, 1.807) is 13.8 Å². The van der Waals surface area contributed by atoms with Gasteiger partial charge >= 0.3 is 5.97 Å². The number of esters is 1. The molecule has 0 amide bonds. The number of hydrogen-bond acceptors (Lipinski definition) is 5. The highest BCUT2D eigenvalue weighted by Gasteiger charge is 2.21. The number of aryl methyl sites for hydroxylation is 2. The van der Waals surface area contributed by atoms with Gasteiger partial charge in [-0.15, -0.1) is 0 Å². The smallest absolute Gasteiger partial charge is 0.343 e. The van der Waals surface area contributed by atoms with Crippen LogP contribution in [0.4, 0.5) is 0 Å². The second-order valence-electron chi connectivity index (χ2n) is 7.84. The van der Waals surface area contributed by atoms with Crippen molar-refractivity contribution in [3.8, 4) is 0 Å². The minimum Gasteiger partial charge on any atom is -0.462 e. The molecule has 0 atom stereocenters. The summed E-state index contributed by atoms with van der Waals surface area (Å²) in [5, 5.41) is 2.92. The van der Waals surface area contributed by atoms with Crippen molar-refractivity contribution in [3.63, 3.8) is 0 Å². The number of H-pyrrole nitrogens is 1. The summed E-state index contributed by atoms with van der Waals surface area (Å²) in [4.78, 5) is 31.8. The first-order chi connectivity index (χ1) is 15.0. The van der Waals surface area contributed by atoms with Gasteiger partial charge in [0.25, 0.3) is 5.56 Å². The van der Waals surface area contributed by atoms with E-state index >= 15 is 0 Å². The molecular weight excluding hydrogens is 392 g/mol. The van der Waals surface area contributed by atoms with Gasteiger partial charge in [-0.3, -0.25) is 14.8 Å². The van der Waals surface area contributed by atoms with E-state index in [4.69, 9.17) is 4.74 Å². The quantitative estimate of drug-likeness (QED) is 0.619. The highest BCUT2D eigenvalue weighted by Crippen LogP contribution is 2.23. The third-order valence-electron chi connectivity index (χ3n) is 5.74. The molecule has 7 heteroatoms. The van der Waals surface area contributed by atoms with E-state index in [0.717, 1.165) is 25.9 Å². The molecule has 2 aromatic heterocycles. The van der Waals surface area contributed by atoms with E-state index in [-0.39, 0.29) is 12.2 Å². The summed E-state index contributed by atoms with van der Waals surface area (Å²) in [6.45, 7) is 8.16. The summed E-state index contributed by atoms with van der Waals surface area (Å²) in [7, 11) is 0. The molecular formula is C24H28N4O3. The van der Waals surface area contributed by atoms with Crippen LogP contribution in [0.25, 0.3) is 11.2 Å². The van der Waals surface area contributed by atoms with Gasteiger partial charge in [0.1, 0.15) is 5.56 Å². The normalized spacial score (nSPS) is 14.6. The molecule has 0 spiro atoms. The van der Waals surface area contributed by atoms with Crippen LogP contribution in [0.15, 0.2) is 41.2 Å². The standard InChI is InChI=1S/C24H28N4O3/c1-4-17-6-8-18(9-7-17)19-10-12-27(13-11-19)15-20-14-21(29)28-23(25-20)22(16(3)26-28)24(30)31-5-2/h6-10,14,26H,4-5,11-13,15H2,1-3H3. The van der Waals surface area contributed by atoms with E-state index in [9.17, 15) is 9.59 Å². The molecule has 31 heavy (non-hydrogen) atoms. The Morgan fingerprint density at radius 2 is 2.00 bits per heavy atom. The number of rotatable bonds is 6. The first-order valence-corrected chi connectivity index (χ1v) is 10.8. The van der Waals surface area contributed by atoms with Crippen molar-refractivity contribution in [2.24, 2.45) is 0 Å². The molecule has 1 aromatic carbocycles. The Labute approximate surface area is 181 Å². The lowest BCUT2D eigenvalue weighted by Gasteiger charge is -2.26. The Bertz CT molecular complexity index is 1190. The number of carbonyl (C=O) groups is 1. The zero-order chi connectivity index (χ0) is 22.0. The summed E-state index contributed by atoms with van der Waals surface area (Å²) in [5.41, 5.74) is 5.60. The molecule has 0 unspecified atom stereocenters. The largest absolute Gasteiger partial charge is 0.462 e. The number of aromatic nitrogens is 3. The van der Waals surface area contributed by atoms with Crippen LogP contribution < -0.4 is 5.56 Å². The molecule has 0 saturated heterocycles. The van der Waals surface area contributed by atoms with Crippen LogP contribution in [0.3, 0.4) is 0 Å². The van der Waals surface area contributed by atoms with Crippen LogP contribution in [-0.4, -0.2) is 45.2 Å². The van der Waals surface area contributed by atoms with E-state index in [1.165, 1.54) is 27.3 Å². The lowest BCUT2D eigenvalue weighted by atomic mass is 9.98. The van der Waals surface area contributed by atoms with Gasteiger partial charge in [-0.2, -0.15) is 0 Å². The number of nitrogens with zero attached hydrogens (tertiary/aromatic N) is 3. The molecule has 162 valence electrons. The first-order valence-electron chi connectivity index (χ1n) is 10.8. The minimum absolute atomic E-state index is 0.233. The predicted molar refractivity (Wildman–Crippen MR) is 120 cm³/mol. The van der Waals surface area contributed by atoms with Crippen molar-refractivity contribution in [2.75, 3.05) is 19.7 Å². The van der Waals surface area contributed by atoms with Crippen LogP contribution >= 0.6 is 0 Å². The summed E-state index contributed by atoms with van der Waals surface area (Å²) < 4.78 is 6.45. The summed E-state index contributed by atoms with van der Waals surface area (Å²) in [6, 6.07) is 10.3. The van der Waals surface area contributed by atoms with E-state index in [0.29, 0.717) is 29.1 Å². The lowest BCUT2D eigenvalue weighted by molar-refractivity contribution is 0.0527. The van der Waals surface area contributed by atoms with Gasteiger partial charge in [0, 0.05) is 31.4 Å². The molecule has 1 N–H and O–H groups in total. The van der Waals surface area contributed by atoms with Crippen molar-refractivity contribution in [1.29, 1.82) is 0 Å². The molecule has 0 fully saturated rings. The average Bonchev–Trinajstić information content (AvgIpc) is 3.11. The number of nitrogens with one attached hydrogen (secondary N) is 1. The molecule has 0 aliphatic carbocycles. The number of benzene rings is 1. The highest BCUT2D eigenvalue weighted by molar-refractivity contribution is 5.97. The Morgan fingerprint density at radius 3 is 2.65 bits per heavy atom. The molecule has 0 bridgehead atoms. The number of carbonyl (C=O) groups excluding carboxylic acids is 1. The molecule has 3 heterocycles.